The van der Waals surface area contributed by atoms with Crippen LogP contribution in [0.25, 0.3) is 0 Å². The normalized spacial score (nSPS) is 16.7. The molecule has 0 bridgehead atoms. The first-order valence-corrected chi connectivity index (χ1v) is 9.42. The molecule has 1 aromatic carbocycles. The molecule has 1 amide bonds. The Morgan fingerprint density at radius 3 is 2.88 bits per heavy atom. The number of carbonyl (C=O) groups is 1. The quantitative estimate of drug-likeness (QED) is 0.698. The Labute approximate surface area is 155 Å². The molecule has 1 atom stereocenters. The second kappa shape index (κ2) is 7.21. The number of benzene rings is 1. The molecule has 0 unspecified atom stereocenters. The van der Waals surface area contributed by atoms with Crippen LogP contribution < -0.4 is 4.74 Å². The van der Waals surface area contributed by atoms with Crippen LogP contribution in [0.3, 0.4) is 0 Å². The third kappa shape index (κ3) is 3.43. The number of hydrogen-bond donors (Lipinski definition) is 0. The molecule has 1 aliphatic heterocycles. The van der Waals surface area contributed by atoms with Crippen molar-refractivity contribution in [1.82, 2.24) is 19.9 Å². The van der Waals surface area contributed by atoms with Crippen molar-refractivity contribution in [2.45, 2.75) is 25.8 Å². The number of likely N-dealkylation sites (tertiary alicyclic amines) is 1. The Hall–Kier alpha value is -2.80. The number of hydrogen-bond acceptors (Lipinski definition) is 6. The summed E-state index contributed by atoms with van der Waals surface area (Å²) < 4.78 is 5.86. The van der Waals surface area contributed by atoms with E-state index in [9.17, 15) is 4.79 Å². The maximum absolute atomic E-state index is 12.7. The van der Waals surface area contributed by atoms with Gasteiger partial charge in [0.1, 0.15) is 11.4 Å². The average molecular weight is 366 g/mol. The summed E-state index contributed by atoms with van der Waals surface area (Å²) in [6.45, 7) is 2.60. The fourth-order valence-corrected chi connectivity index (χ4v) is 3.64. The van der Waals surface area contributed by atoms with Gasteiger partial charge in [0, 0.05) is 23.7 Å². The minimum Gasteiger partial charge on any atom is -0.439 e. The highest BCUT2D eigenvalue weighted by atomic mass is 32.1. The zero-order valence-corrected chi connectivity index (χ0v) is 15.1. The van der Waals surface area contributed by atoms with Crippen LogP contribution in [0.4, 0.5) is 0 Å². The zero-order chi connectivity index (χ0) is 17.9. The molecule has 0 saturated carbocycles. The van der Waals surface area contributed by atoms with E-state index in [4.69, 9.17) is 4.74 Å². The Morgan fingerprint density at radius 2 is 2.12 bits per heavy atom. The summed E-state index contributed by atoms with van der Waals surface area (Å²) in [5.74, 6) is 1.77. The summed E-state index contributed by atoms with van der Waals surface area (Å²) in [6, 6.07) is 11.2. The van der Waals surface area contributed by atoms with Crippen molar-refractivity contribution >= 4 is 17.2 Å². The number of thiazole rings is 1. The molecule has 26 heavy (non-hydrogen) atoms. The van der Waals surface area contributed by atoms with Crippen LogP contribution in [0, 0.1) is 6.92 Å². The minimum absolute atomic E-state index is 0.0654. The molecule has 132 valence electrons. The van der Waals surface area contributed by atoms with E-state index >= 15 is 0 Å². The fraction of sp³-hybridized carbons (Fsp3) is 0.263. The van der Waals surface area contributed by atoms with Gasteiger partial charge < -0.3 is 9.64 Å². The van der Waals surface area contributed by atoms with Crippen molar-refractivity contribution < 1.29 is 9.53 Å². The lowest BCUT2D eigenvalue weighted by Gasteiger charge is -2.23. The van der Waals surface area contributed by atoms with Crippen LogP contribution in [-0.2, 0) is 0 Å². The van der Waals surface area contributed by atoms with Crippen LogP contribution in [0.15, 0.2) is 47.3 Å². The summed E-state index contributed by atoms with van der Waals surface area (Å²) in [5.41, 5.74) is 2.97. The predicted molar refractivity (Wildman–Crippen MR) is 98.4 cm³/mol. The Kier molecular flexibility index (Phi) is 4.62. The maximum atomic E-state index is 12.7. The van der Waals surface area contributed by atoms with E-state index in [0.29, 0.717) is 23.9 Å². The molecule has 0 aliphatic carbocycles. The highest BCUT2D eigenvalue weighted by Crippen LogP contribution is 2.32. The molecule has 3 heterocycles. The number of aryl methyl sites for hydroxylation is 1. The molecule has 6 nitrogen and oxygen atoms in total. The highest BCUT2D eigenvalue weighted by molar-refractivity contribution is 7.07. The molecular formula is C19H18N4O2S. The smallest absolute Gasteiger partial charge is 0.273 e. The van der Waals surface area contributed by atoms with Crippen LogP contribution in [0.5, 0.6) is 11.6 Å². The maximum Gasteiger partial charge on any atom is 0.273 e. The van der Waals surface area contributed by atoms with E-state index in [1.54, 1.807) is 17.0 Å². The second-order valence-electron chi connectivity index (χ2n) is 6.15. The SMILES string of the molecule is Cc1cc(Oc2ccccc2)nc([C@@H]2CCCN2C(=O)c2cscn2)n1. The standard InChI is InChI=1S/C19H18N4O2S/c1-13-10-17(25-14-6-3-2-4-7-14)22-18(21-13)16-8-5-9-23(16)19(24)15-11-26-12-20-15/h2-4,6-7,10-12,16H,5,8-9H2,1H3/t16-/m0/s1. The number of carbonyl (C=O) groups excluding carboxylic acids is 1. The number of ether oxygens (including phenoxy) is 1. The van der Waals surface area contributed by atoms with Crippen molar-refractivity contribution in [2.24, 2.45) is 0 Å². The van der Waals surface area contributed by atoms with Gasteiger partial charge in [0.15, 0.2) is 5.82 Å². The third-order valence-corrected chi connectivity index (χ3v) is 4.86. The van der Waals surface area contributed by atoms with Gasteiger partial charge in [0.25, 0.3) is 5.91 Å². The summed E-state index contributed by atoms with van der Waals surface area (Å²) >= 11 is 1.42. The van der Waals surface area contributed by atoms with Gasteiger partial charge in [-0.25, -0.2) is 9.97 Å². The van der Waals surface area contributed by atoms with Gasteiger partial charge >= 0.3 is 0 Å². The molecule has 1 aliphatic rings. The monoisotopic (exact) mass is 366 g/mol. The molecule has 1 fully saturated rings. The Balaban J connectivity index is 1.61. The minimum atomic E-state index is -0.151. The number of amides is 1. The third-order valence-electron chi connectivity index (χ3n) is 4.28. The van der Waals surface area contributed by atoms with Gasteiger partial charge in [-0.2, -0.15) is 4.98 Å². The lowest BCUT2D eigenvalue weighted by atomic mass is 10.2. The van der Waals surface area contributed by atoms with Gasteiger partial charge in [0.05, 0.1) is 11.6 Å². The van der Waals surface area contributed by atoms with Gasteiger partial charge in [-0.1, -0.05) is 18.2 Å². The summed E-state index contributed by atoms with van der Waals surface area (Å²) in [6.07, 6.45) is 1.76. The zero-order valence-electron chi connectivity index (χ0n) is 14.3. The molecule has 1 saturated heterocycles. The molecule has 0 spiro atoms. The molecule has 4 rings (SSSR count). The fourth-order valence-electron chi connectivity index (χ4n) is 3.12. The van der Waals surface area contributed by atoms with E-state index in [1.165, 1.54) is 11.3 Å². The first-order chi connectivity index (χ1) is 12.7. The van der Waals surface area contributed by atoms with E-state index in [2.05, 4.69) is 15.0 Å². The van der Waals surface area contributed by atoms with E-state index < -0.39 is 0 Å². The van der Waals surface area contributed by atoms with Crippen molar-refractivity contribution in [3.8, 4) is 11.6 Å². The number of para-hydroxylation sites is 1. The topological polar surface area (TPSA) is 68.2 Å². The first kappa shape index (κ1) is 16.7. The molecule has 2 aromatic heterocycles. The molecular weight excluding hydrogens is 348 g/mol. The lowest BCUT2D eigenvalue weighted by Crippen LogP contribution is -2.31. The Morgan fingerprint density at radius 1 is 1.27 bits per heavy atom. The molecule has 7 heteroatoms. The van der Waals surface area contributed by atoms with E-state index in [1.807, 2.05) is 42.2 Å². The number of aromatic nitrogens is 3. The van der Waals surface area contributed by atoms with Crippen LogP contribution in [0.1, 0.15) is 40.9 Å². The van der Waals surface area contributed by atoms with Gasteiger partial charge in [-0.3, -0.25) is 4.79 Å². The largest absolute Gasteiger partial charge is 0.439 e. The van der Waals surface area contributed by atoms with Crippen LogP contribution >= 0.6 is 11.3 Å². The van der Waals surface area contributed by atoms with E-state index in [-0.39, 0.29) is 11.9 Å². The molecule has 3 aromatic rings. The lowest BCUT2D eigenvalue weighted by molar-refractivity contribution is 0.0724. The molecule has 0 radical (unpaired) electrons. The van der Waals surface area contributed by atoms with Gasteiger partial charge in [0.2, 0.25) is 5.88 Å². The van der Waals surface area contributed by atoms with Crippen LogP contribution in [0.2, 0.25) is 0 Å². The summed E-state index contributed by atoms with van der Waals surface area (Å²) in [7, 11) is 0. The summed E-state index contributed by atoms with van der Waals surface area (Å²) in [4.78, 5) is 27.8. The van der Waals surface area contributed by atoms with Crippen molar-refractivity contribution in [3.63, 3.8) is 0 Å². The van der Waals surface area contributed by atoms with Gasteiger partial charge in [-0.05, 0) is 31.9 Å². The first-order valence-electron chi connectivity index (χ1n) is 8.48. The van der Waals surface area contributed by atoms with Gasteiger partial charge in [-0.15, -0.1) is 11.3 Å². The molecule has 0 N–H and O–H groups in total. The summed E-state index contributed by atoms with van der Waals surface area (Å²) in [5, 5.41) is 1.78. The second-order valence-corrected chi connectivity index (χ2v) is 6.87. The number of nitrogens with zero attached hydrogens (tertiary/aromatic N) is 4. The Bertz CT molecular complexity index is 899. The predicted octanol–water partition coefficient (Wildman–Crippen LogP) is 4.01. The number of rotatable bonds is 4. The highest BCUT2D eigenvalue weighted by Gasteiger charge is 2.33. The van der Waals surface area contributed by atoms with Crippen LogP contribution in [-0.4, -0.2) is 32.3 Å². The van der Waals surface area contributed by atoms with Crippen molar-refractivity contribution in [2.75, 3.05) is 6.54 Å². The van der Waals surface area contributed by atoms with E-state index in [0.717, 1.165) is 24.3 Å². The van der Waals surface area contributed by atoms with Crippen molar-refractivity contribution in [3.05, 3.63) is 64.5 Å². The average Bonchev–Trinajstić information content (AvgIpc) is 3.33. The van der Waals surface area contributed by atoms with Crippen molar-refractivity contribution in [1.29, 1.82) is 0 Å².